The molecule has 0 saturated heterocycles. The van der Waals surface area contributed by atoms with Gasteiger partial charge in [-0.05, 0) is 48.5 Å². The molecule has 0 bridgehead atoms. The number of anilines is 2. The van der Waals surface area contributed by atoms with Gasteiger partial charge in [-0.25, -0.2) is 4.79 Å². The highest BCUT2D eigenvalue weighted by atomic mass is 35.5. The van der Waals surface area contributed by atoms with Crippen molar-refractivity contribution in [3.8, 4) is 23.8 Å². The second-order valence-electron chi connectivity index (χ2n) is 8.75. The first-order chi connectivity index (χ1) is 19.0. The summed E-state index contributed by atoms with van der Waals surface area (Å²) in [6, 6.07) is 11.7. The number of nitrogens with two attached hydrogens (primary N) is 1. The number of terminal acetylenes is 1. The van der Waals surface area contributed by atoms with Gasteiger partial charge < -0.3 is 15.8 Å². The average Bonchev–Trinajstić information content (AvgIpc) is 3.69. The van der Waals surface area contributed by atoms with Crippen LogP contribution in [0.5, 0.6) is 11.5 Å². The summed E-state index contributed by atoms with van der Waals surface area (Å²) >= 11 is 5.71. The van der Waals surface area contributed by atoms with Crippen LogP contribution in [0.4, 0.5) is 29.3 Å². The lowest BCUT2D eigenvalue weighted by atomic mass is 10.0. The number of pyridine rings is 1. The van der Waals surface area contributed by atoms with Gasteiger partial charge in [0.1, 0.15) is 17.2 Å². The van der Waals surface area contributed by atoms with Gasteiger partial charge in [-0.2, -0.15) is 23.4 Å². The van der Waals surface area contributed by atoms with Crippen LogP contribution >= 0.6 is 11.6 Å². The normalized spacial score (nSPS) is 13.3. The number of urea groups is 1. The smallest absolute Gasteiger partial charge is 0.417 e. The number of carbonyl (C=O) groups is 2. The van der Waals surface area contributed by atoms with Crippen LogP contribution in [0, 0.1) is 12.3 Å². The summed E-state index contributed by atoms with van der Waals surface area (Å²) in [5, 5.41) is 10.2. The molecule has 0 saturated carbocycles. The number of primary amides is 1. The van der Waals surface area contributed by atoms with E-state index in [9.17, 15) is 22.8 Å². The third kappa shape index (κ3) is 7.06. The molecule has 0 fully saturated rings. The molecular weight excluding hydrogens is 549 g/mol. The zero-order valence-electron chi connectivity index (χ0n) is 20.8. The predicted molar refractivity (Wildman–Crippen MR) is 142 cm³/mol. The summed E-state index contributed by atoms with van der Waals surface area (Å²) in [5.41, 5.74) is 3.86. The number of amides is 3. The van der Waals surface area contributed by atoms with Gasteiger partial charge in [0.05, 0.1) is 10.6 Å². The highest BCUT2D eigenvalue weighted by Gasteiger charge is 2.40. The first-order valence-corrected chi connectivity index (χ1v) is 12.2. The molecule has 0 unspecified atom stereocenters. The lowest BCUT2D eigenvalue weighted by Gasteiger charge is -2.25. The molecule has 4 rings (SSSR count). The predicted octanol–water partition coefficient (Wildman–Crippen LogP) is 6.65. The summed E-state index contributed by atoms with van der Waals surface area (Å²) in [6.07, 6.45) is 3.34. The Kier molecular flexibility index (Phi) is 8.25. The van der Waals surface area contributed by atoms with E-state index in [1.807, 2.05) is 0 Å². The number of hydrogen-bond donors (Lipinski definition) is 2. The van der Waals surface area contributed by atoms with Gasteiger partial charge in [-0.3, -0.25) is 14.7 Å². The highest BCUT2D eigenvalue weighted by Crippen LogP contribution is 2.38. The van der Waals surface area contributed by atoms with E-state index in [1.54, 1.807) is 30.3 Å². The van der Waals surface area contributed by atoms with Gasteiger partial charge in [0, 0.05) is 49.4 Å². The number of rotatable bonds is 10. The van der Waals surface area contributed by atoms with Crippen LogP contribution in [-0.2, 0) is 6.18 Å². The van der Waals surface area contributed by atoms with E-state index in [1.165, 1.54) is 23.2 Å². The monoisotopic (exact) mass is 570 g/mol. The van der Waals surface area contributed by atoms with Crippen molar-refractivity contribution < 1.29 is 27.5 Å². The third-order valence-electron chi connectivity index (χ3n) is 5.92. The number of ether oxygens (including phenoxy) is 1. The summed E-state index contributed by atoms with van der Waals surface area (Å²) in [7, 11) is 0. The molecule has 2 aromatic carbocycles. The lowest BCUT2D eigenvalue weighted by molar-refractivity contribution is -0.137. The van der Waals surface area contributed by atoms with Crippen LogP contribution in [-0.4, -0.2) is 29.1 Å². The van der Waals surface area contributed by atoms with E-state index in [0.717, 1.165) is 12.1 Å². The van der Waals surface area contributed by atoms with Crippen LogP contribution in [0.3, 0.4) is 0 Å². The molecule has 0 spiro atoms. The molecule has 9 nitrogen and oxygen atoms in total. The number of alkyl halides is 3. The topological polar surface area (TPSA) is 122 Å². The first kappa shape index (κ1) is 28.4. The summed E-state index contributed by atoms with van der Waals surface area (Å²) < 4.78 is 45.7. The van der Waals surface area contributed by atoms with Crippen molar-refractivity contribution in [1.82, 2.24) is 4.98 Å². The van der Waals surface area contributed by atoms with E-state index in [2.05, 4.69) is 26.4 Å². The number of nitrogens with one attached hydrogen (secondary N) is 1. The molecule has 3 N–H and O–H groups in total. The zero-order valence-corrected chi connectivity index (χ0v) is 21.5. The van der Waals surface area contributed by atoms with Gasteiger partial charge in [-0.1, -0.05) is 11.6 Å². The summed E-state index contributed by atoms with van der Waals surface area (Å²) in [4.78, 5) is 29.9. The van der Waals surface area contributed by atoms with E-state index in [4.69, 9.17) is 28.5 Å². The zero-order chi connectivity index (χ0) is 28.9. The molecule has 13 heteroatoms. The number of nitrogens with zero attached hydrogens (tertiary/aromatic N) is 4. The van der Waals surface area contributed by atoms with E-state index in [-0.39, 0.29) is 17.9 Å². The van der Waals surface area contributed by atoms with Gasteiger partial charge >= 0.3 is 12.2 Å². The van der Waals surface area contributed by atoms with Crippen LogP contribution in [0.25, 0.3) is 0 Å². The summed E-state index contributed by atoms with van der Waals surface area (Å²) in [5.74, 6) is 2.53. The molecule has 3 aromatic rings. The van der Waals surface area contributed by atoms with Crippen molar-refractivity contribution in [2.24, 2.45) is 16.0 Å². The molecule has 3 amide bonds. The lowest BCUT2D eigenvalue weighted by Crippen LogP contribution is -2.37. The van der Waals surface area contributed by atoms with Gasteiger partial charge in [0.2, 0.25) is 0 Å². The molecule has 0 atom stereocenters. The molecule has 1 aromatic heterocycles. The van der Waals surface area contributed by atoms with Crippen molar-refractivity contribution >= 4 is 34.9 Å². The van der Waals surface area contributed by atoms with Gasteiger partial charge in [0.15, 0.2) is 5.66 Å². The van der Waals surface area contributed by atoms with Gasteiger partial charge in [0.25, 0.3) is 5.91 Å². The molecule has 1 aliphatic heterocycles. The minimum absolute atomic E-state index is 0.0301. The van der Waals surface area contributed by atoms with Gasteiger partial charge in [-0.15, -0.1) is 12.3 Å². The maximum atomic E-state index is 13.3. The van der Waals surface area contributed by atoms with Crippen LogP contribution in [0.15, 0.2) is 71.0 Å². The Morgan fingerprint density at radius 1 is 1.07 bits per heavy atom. The van der Waals surface area contributed by atoms with Crippen molar-refractivity contribution in [2.45, 2.75) is 31.1 Å². The maximum absolute atomic E-state index is 13.3. The number of aromatic nitrogens is 1. The Bertz CT molecular complexity index is 1480. The maximum Gasteiger partial charge on any atom is 0.417 e. The van der Waals surface area contributed by atoms with E-state index in [0.29, 0.717) is 36.4 Å². The Morgan fingerprint density at radius 3 is 2.42 bits per heavy atom. The molecule has 2 heterocycles. The van der Waals surface area contributed by atoms with Crippen LogP contribution < -0.4 is 20.7 Å². The molecule has 0 aliphatic carbocycles. The fourth-order valence-corrected chi connectivity index (χ4v) is 3.98. The molecule has 1 aliphatic rings. The van der Waals surface area contributed by atoms with E-state index >= 15 is 0 Å². The largest absolute Gasteiger partial charge is 0.457 e. The highest BCUT2D eigenvalue weighted by molar-refractivity contribution is 6.31. The van der Waals surface area contributed by atoms with Crippen LogP contribution in [0.1, 0.15) is 35.3 Å². The minimum atomic E-state index is -4.70. The summed E-state index contributed by atoms with van der Waals surface area (Å²) in [6.45, 7) is 0.135. The number of carbonyl (C=O) groups excluding carboxylic acids is 2. The molecular formula is C27H22ClF3N6O3. The molecule has 40 heavy (non-hydrogen) atoms. The van der Waals surface area contributed by atoms with Crippen molar-refractivity contribution in [3.63, 3.8) is 0 Å². The Labute approximate surface area is 232 Å². The second kappa shape index (κ2) is 11.6. The quantitative estimate of drug-likeness (QED) is 0.265. The van der Waals surface area contributed by atoms with Crippen molar-refractivity contribution in [1.29, 1.82) is 0 Å². The third-order valence-corrected chi connectivity index (χ3v) is 6.25. The Balaban J connectivity index is 1.55. The first-order valence-electron chi connectivity index (χ1n) is 11.9. The standard InChI is InChI=1S/C27H22ClF3N6O3/c1-2-3-11-26(35-36-26)12-14-37(25(39)34-17-4-9-22(28)21(15-17)27(29,30)31)18-5-7-19(8-6-18)40-20-10-13-33-23(16-20)24(32)38/h1,4-10,13,15-16H,3,11-12,14H2,(H2,32,38)(H,34,39). The number of hydrogen-bond acceptors (Lipinski definition) is 6. The fourth-order valence-electron chi connectivity index (χ4n) is 3.76. The molecule has 206 valence electrons. The van der Waals surface area contributed by atoms with Crippen molar-refractivity contribution in [3.05, 3.63) is 77.1 Å². The van der Waals surface area contributed by atoms with Crippen LogP contribution in [0.2, 0.25) is 5.02 Å². The minimum Gasteiger partial charge on any atom is -0.457 e. The average molecular weight is 571 g/mol. The number of benzene rings is 2. The molecule has 0 radical (unpaired) electrons. The van der Waals surface area contributed by atoms with Crippen molar-refractivity contribution in [2.75, 3.05) is 16.8 Å². The Morgan fingerprint density at radius 2 is 1.80 bits per heavy atom. The SMILES string of the molecule is C#CCCC1(CCN(C(=O)Nc2ccc(Cl)c(C(F)(F)F)c2)c2ccc(Oc3ccnc(C(N)=O)c3)cc2)N=N1. The number of halogens is 4. The second-order valence-corrected chi connectivity index (χ2v) is 9.15. The Hall–Kier alpha value is -4.63. The van der Waals surface area contributed by atoms with E-state index < -0.39 is 34.4 Å². The fraction of sp³-hybridized carbons (Fsp3) is 0.222.